The number of nitrogens with zero attached hydrogens (tertiary/aromatic N) is 1. The molecular weight excluding hydrogens is 172 g/mol. The molecule has 0 radical (unpaired) electrons. The summed E-state index contributed by atoms with van der Waals surface area (Å²) in [6, 6.07) is 1.18. The van der Waals surface area contributed by atoms with Crippen molar-refractivity contribution in [1.29, 1.82) is 0 Å². The number of nitrogens with two attached hydrogens (primary N) is 1. The first-order chi connectivity index (χ1) is 6.63. The molecule has 0 heterocycles. The minimum atomic E-state index is 0.486. The van der Waals surface area contributed by atoms with E-state index in [0.717, 1.165) is 5.92 Å². The Morgan fingerprint density at radius 3 is 2.21 bits per heavy atom. The first kappa shape index (κ1) is 12.0. The molecule has 0 amide bonds. The molecule has 0 spiro atoms. The Kier molecular flexibility index (Phi) is 4.90. The van der Waals surface area contributed by atoms with Crippen molar-refractivity contribution in [2.45, 2.75) is 58.5 Å². The molecular formula is C12H26N2. The molecule has 2 N–H and O–H groups in total. The first-order valence-corrected chi connectivity index (χ1v) is 6.13. The van der Waals surface area contributed by atoms with Gasteiger partial charge in [0.1, 0.15) is 0 Å². The van der Waals surface area contributed by atoms with Crippen molar-refractivity contribution in [2.24, 2.45) is 11.7 Å². The van der Waals surface area contributed by atoms with Crippen LogP contribution in [-0.4, -0.2) is 30.1 Å². The number of rotatable bonds is 4. The van der Waals surface area contributed by atoms with Crippen LogP contribution in [0.5, 0.6) is 0 Å². The van der Waals surface area contributed by atoms with Crippen LogP contribution in [0, 0.1) is 5.92 Å². The molecule has 0 bridgehead atoms. The maximum absolute atomic E-state index is 5.91. The van der Waals surface area contributed by atoms with Crippen LogP contribution >= 0.6 is 0 Å². The smallest absolute Gasteiger partial charge is 0.00390 e. The van der Waals surface area contributed by atoms with Crippen LogP contribution in [0.1, 0.15) is 46.5 Å². The highest BCUT2D eigenvalue weighted by atomic mass is 15.1. The maximum atomic E-state index is 5.91. The van der Waals surface area contributed by atoms with Crippen LogP contribution in [0.15, 0.2) is 0 Å². The van der Waals surface area contributed by atoms with Crippen LogP contribution in [0.3, 0.4) is 0 Å². The third-order valence-corrected chi connectivity index (χ3v) is 3.52. The molecule has 84 valence electrons. The molecule has 0 aromatic carbocycles. The van der Waals surface area contributed by atoms with E-state index in [1.807, 2.05) is 0 Å². The van der Waals surface area contributed by atoms with Gasteiger partial charge in [0.15, 0.2) is 0 Å². The van der Waals surface area contributed by atoms with Gasteiger partial charge in [-0.15, -0.1) is 0 Å². The molecule has 1 fully saturated rings. The van der Waals surface area contributed by atoms with Crippen LogP contribution < -0.4 is 5.73 Å². The summed E-state index contributed by atoms with van der Waals surface area (Å²) in [5.41, 5.74) is 5.91. The Morgan fingerprint density at radius 2 is 1.79 bits per heavy atom. The monoisotopic (exact) mass is 198 g/mol. The minimum absolute atomic E-state index is 0.486. The van der Waals surface area contributed by atoms with E-state index in [2.05, 4.69) is 25.7 Å². The highest BCUT2D eigenvalue weighted by Crippen LogP contribution is 2.24. The van der Waals surface area contributed by atoms with Gasteiger partial charge >= 0.3 is 0 Å². The van der Waals surface area contributed by atoms with Gasteiger partial charge in [0.25, 0.3) is 0 Å². The molecule has 1 saturated carbocycles. The summed E-state index contributed by atoms with van der Waals surface area (Å²) in [4.78, 5) is 2.57. The Labute approximate surface area is 88.8 Å². The van der Waals surface area contributed by atoms with Gasteiger partial charge in [-0.25, -0.2) is 0 Å². The van der Waals surface area contributed by atoms with Gasteiger partial charge in [0.2, 0.25) is 0 Å². The normalized spacial score (nSPS) is 28.7. The van der Waals surface area contributed by atoms with Gasteiger partial charge in [0.05, 0.1) is 0 Å². The van der Waals surface area contributed by atoms with E-state index in [1.165, 1.54) is 38.8 Å². The molecule has 2 nitrogen and oxygen atoms in total. The first-order valence-electron chi connectivity index (χ1n) is 6.13. The molecule has 1 rings (SSSR count). The minimum Gasteiger partial charge on any atom is -0.328 e. The fraction of sp³-hybridized carbons (Fsp3) is 1.00. The van der Waals surface area contributed by atoms with Crippen molar-refractivity contribution in [3.05, 3.63) is 0 Å². The van der Waals surface area contributed by atoms with Crippen LogP contribution in [0.25, 0.3) is 0 Å². The van der Waals surface area contributed by atoms with Gasteiger partial charge in [-0.1, -0.05) is 6.92 Å². The van der Waals surface area contributed by atoms with Crippen molar-refractivity contribution in [3.63, 3.8) is 0 Å². The van der Waals surface area contributed by atoms with Gasteiger partial charge < -0.3 is 10.6 Å². The Hall–Kier alpha value is -0.0800. The summed E-state index contributed by atoms with van der Waals surface area (Å²) in [5.74, 6) is 0.900. The topological polar surface area (TPSA) is 29.3 Å². The van der Waals surface area contributed by atoms with Crippen molar-refractivity contribution in [1.82, 2.24) is 4.90 Å². The van der Waals surface area contributed by atoms with E-state index >= 15 is 0 Å². The lowest BCUT2D eigenvalue weighted by Gasteiger charge is -2.33. The van der Waals surface area contributed by atoms with Gasteiger partial charge in [-0.3, -0.25) is 0 Å². The van der Waals surface area contributed by atoms with Crippen molar-refractivity contribution in [2.75, 3.05) is 13.1 Å². The lowest BCUT2D eigenvalue weighted by atomic mass is 9.86. The molecule has 0 aliphatic heterocycles. The third kappa shape index (κ3) is 3.58. The van der Waals surface area contributed by atoms with E-state index in [9.17, 15) is 0 Å². The zero-order valence-corrected chi connectivity index (χ0v) is 10.00. The standard InChI is InChI=1S/C12H26N2/c1-4-14(10(2)3)9-11-5-7-12(13)8-6-11/h10-12H,4-9,13H2,1-3H3. The second-order valence-corrected chi connectivity index (χ2v) is 4.96. The molecule has 1 aliphatic rings. The van der Waals surface area contributed by atoms with Crippen LogP contribution in [-0.2, 0) is 0 Å². The van der Waals surface area contributed by atoms with Crippen molar-refractivity contribution in [3.8, 4) is 0 Å². The molecule has 0 aromatic rings. The maximum Gasteiger partial charge on any atom is 0.00390 e. The number of hydrogen-bond donors (Lipinski definition) is 1. The lowest BCUT2D eigenvalue weighted by molar-refractivity contribution is 0.169. The largest absolute Gasteiger partial charge is 0.328 e. The molecule has 14 heavy (non-hydrogen) atoms. The zero-order chi connectivity index (χ0) is 10.6. The van der Waals surface area contributed by atoms with Crippen LogP contribution in [0.4, 0.5) is 0 Å². The fourth-order valence-corrected chi connectivity index (χ4v) is 2.41. The Bertz CT molecular complexity index is 148. The fourth-order valence-electron chi connectivity index (χ4n) is 2.41. The van der Waals surface area contributed by atoms with E-state index < -0.39 is 0 Å². The second-order valence-electron chi connectivity index (χ2n) is 4.96. The van der Waals surface area contributed by atoms with E-state index in [0.29, 0.717) is 12.1 Å². The van der Waals surface area contributed by atoms with E-state index in [-0.39, 0.29) is 0 Å². The molecule has 0 unspecified atom stereocenters. The molecule has 2 heteroatoms. The van der Waals surface area contributed by atoms with Gasteiger partial charge in [0, 0.05) is 18.6 Å². The summed E-state index contributed by atoms with van der Waals surface area (Å²) in [5, 5.41) is 0. The predicted octanol–water partition coefficient (Wildman–Crippen LogP) is 2.23. The van der Waals surface area contributed by atoms with E-state index in [4.69, 9.17) is 5.73 Å². The molecule has 0 saturated heterocycles. The summed E-state index contributed by atoms with van der Waals surface area (Å²) in [7, 11) is 0. The average molecular weight is 198 g/mol. The summed E-state index contributed by atoms with van der Waals surface area (Å²) in [6.45, 7) is 9.30. The van der Waals surface area contributed by atoms with Crippen molar-refractivity contribution < 1.29 is 0 Å². The molecule has 1 aliphatic carbocycles. The molecule has 0 aromatic heterocycles. The van der Waals surface area contributed by atoms with Crippen molar-refractivity contribution >= 4 is 0 Å². The highest BCUT2D eigenvalue weighted by molar-refractivity contribution is 4.77. The Balaban J connectivity index is 2.29. The zero-order valence-electron chi connectivity index (χ0n) is 10.00. The summed E-state index contributed by atoms with van der Waals surface area (Å²) < 4.78 is 0. The van der Waals surface area contributed by atoms with Crippen LogP contribution in [0.2, 0.25) is 0 Å². The second kappa shape index (κ2) is 5.72. The quantitative estimate of drug-likeness (QED) is 0.750. The average Bonchev–Trinajstić information content (AvgIpc) is 2.16. The summed E-state index contributed by atoms with van der Waals surface area (Å²) in [6.07, 6.45) is 5.15. The number of hydrogen-bond acceptors (Lipinski definition) is 2. The Morgan fingerprint density at radius 1 is 1.21 bits per heavy atom. The predicted molar refractivity (Wildman–Crippen MR) is 62.3 cm³/mol. The lowest BCUT2D eigenvalue weighted by Crippen LogP contribution is -2.37. The van der Waals surface area contributed by atoms with Gasteiger partial charge in [-0.2, -0.15) is 0 Å². The molecule has 0 atom stereocenters. The SMILES string of the molecule is CCN(CC1CCC(N)CC1)C(C)C. The van der Waals surface area contributed by atoms with Gasteiger partial charge in [-0.05, 0) is 52.0 Å². The third-order valence-electron chi connectivity index (χ3n) is 3.52. The van der Waals surface area contributed by atoms with E-state index in [1.54, 1.807) is 0 Å². The highest BCUT2D eigenvalue weighted by Gasteiger charge is 2.21. The summed E-state index contributed by atoms with van der Waals surface area (Å²) >= 11 is 0.